The molecule has 4 fully saturated rings. The molecule has 2 unspecified atom stereocenters. The molecule has 0 aromatic carbocycles. The van der Waals surface area contributed by atoms with Crippen molar-refractivity contribution >= 4 is 5.91 Å². The normalized spacial score (nSPS) is 45.8. The van der Waals surface area contributed by atoms with Crippen LogP contribution < -0.4 is 0 Å². The van der Waals surface area contributed by atoms with Crippen LogP contribution in [0.15, 0.2) is 0 Å². The van der Waals surface area contributed by atoms with Gasteiger partial charge in [0.15, 0.2) is 0 Å². The summed E-state index contributed by atoms with van der Waals surface area (Å²) in [6.45, 7) is 4.35. The van der Waals surface area contributed by atoms with Crippen molar-refractivity contribution in [3.8, 4) is 0 Å². The minimum Gasteiger partial charge on any atom is -0.342 e. The van der Waals surface area contributed by atoms with E-state index in [1.165, 1.54) is 44.9 Å². The summed E-state index contributed by atoms with van der Waals surface area (Å²) < 4.78 is 0. The Hall–Kier alpha value is -0.530. The number of fused-ring (bicyclic) bond motifs is 1. The molecule has 1 saturated heterocycles. The van der Waals surface area contributed by atoms with Gasteiger partial charge < -0.3 is 4.90 Å². The molecule has 0 aromatic rings. The van der Waals surface area contributed by atoms with Crippen molar-refractivity contribution in [1.82, 2.24) is 4.90 Å². The van der Waals surface area contributed by atoms with Gasteiger partial charge in [0.25, 0.3) is 0 Å². The predicted octanol–water partition coefficient (Wildman–Crippen LogP) is 2.83. The zero-order valence-electron chi connectivity index (χ0n) is 10.9. The summed E-state index contributed by atoms with van der Waals surface area (Å²) in [5, 5.41) is 0. The van der Waals surface area contributed by atoms with Gasteiger partial charge in [0, 0.05) is 18.5 Å². The van der Waals surface area contributed by atoms with Crippen LogP contribution in [0.5, 0.6) is 0 Å². The van der Waals surface area contributed by atoms with Crippen LogP contribution in [-0.4, -0.2) is 23.9 Å². The van der Waals surface area contributed by atoms with Gasteiger partial charge in [0.1, 0.15) is 0 Å². The van der Waals surface area contributed by atoms with Crippen molar-refractivity contribution in [1.29, 1.82) is 0 Å². The van der Waals surface area contributed by atoms with E-state index in [1.807, 2.05) is 0 Å². The Morgan fingerprint density at radius 2 is 1.88 bits per heavy atom. The van der Waals surface area contributed by atoms with E-state index < -0.39 is 0 Å². The maximum Gasteiger partial charge on any atom is 0.228 e. The highest BCUT2D eigenvalue weighted by molar-refractivity contribution is 5.83. The quantitative estimate of drug-likeness (QED) is 0.682. The molecule has 1 heterocycles. The number of piperidine rings is 1. The summed E-state index contributed by atoms with van der Waals surface area (Å²) in [5.41, 5.74) is 0.590. The van der Waals surface area contributed by atoms with Crippen LogP contribution in [0.2, 0.25) is 0 Å². The summed E-state index contributed by atoms with van der Waals surface area (Å²) in [4.78, 5) is 15.0. The van der Waals surface area contributed by atoms with E-state index in [2.05, 4.69) is 11.8 Å². The highest BCUT2D eigenvalue weighted by atomic mass is 16.2. The summed E-state index contributed by atoms with van der Waals surface area (Å²) in [6, 6.07) is 0. The molecule has 2 atom stereocenters. The molecule has 4 rings (SSSR count). The second-order valence-electron chi connectivity index (χ2n) is 7.56. The number of carbonyl (C=O) groups is 1. The minimum absolute atomic E-state index is 0.0149. The fourth-order valence-corrected chi connectivity index (χ4v) is 4.57. The van der Waals surface area contributed by atoms with E-state index in [0.29, 0.717) is 11.3 Å². The standard InChI is InChI=1S/C15H23NO/c1-14(8-11-7-12(11)9-14)13(17)16-6-2-3-15(10-16)4-5-15/h11-12H,2-10H2,1H3. The van der Waals surface area contributed by atoms with Crippen LogP contribution in [0, 0.1) is 22.7 Å². The molecule has 0 bridgehead atoms. The van der Waals surface area contributed by atoms with Crippen molar-refractivity contribution in [2.24, 2.45) is 22.7 Å². The molecule has 1 aliphatic heterocycles. The van der Waals surface area contributed by atoms with Crippen LogP contribution in [-0.2, 0) is 4.79 Å². The number of rotatable bonds is 1. The highest BCUT2D eigenvalue weighted by Crippen LogP contribution is 2.61. The van der Waals surface area contributed by atoms with Gasteiger partial charge in [0.2, 0.25) is 5.91 Å². The molecule has 4 aliphatic rings. The lowest BCUT2D eigenvalue weighted by atomic mass is 9.82. The van der Waals surface area contributed by atoms with Gasteiger partial charge in [-0.15, -0.1) is 0 Å². The average molecular weight is 233 g/mol. The van der Waals surface area contributed by atoms with E-state index in [9.17, 15) is 4.79 Å². The van der Waals surface area contributed by atoms with Gasteiger partial charge in [-0.2, -0.15) is 0 Å². The monoisotopic (exact) mass is 233 g/mol. The van der Waals surface area contributed by atoms with E-state index in [0.717, 1.165) is 24.9 Å². The van der Waals surface area contributed by atoms with Crippen molar-refractivity contribution in [2.45, 2.75) is 51.9 Å². The first-order valence-electron chi connectivity index (χ1n) is 7.40. The highest BCUT2D eigenvalue weighted by Gasteiger charge is 2.57. The Labute approximate surface area is 104 Å². The van der Waals surface area contributed by atoms with Gasteiger partial charge in [-0.25, -0.2) is 0 Å². The number of amides is 1. The van der Waals surface area contributed by atoms with Gasteiger partial charge in [-0.3, -0.25) is 4.79 Å². The molecule has 3 saturated carbocycles. The van der Waals surface area contributed by atoms with Gasteiger partial charge in [-0.05, 0) is 62.2 Å². The van der Waals surface area contributed by atoms with E-state index >= 15 is 0 Å². The Kier molecular flexibility index (Phi) is 1.88. The lowest BCUT2D eigenvalue weighted by Gasteiger charge is -2.38. The lowest BCUT2D eigenvalue weighted by molar-refractivity contribution is -0.143. The van der Waals surface area contributed by atoms with Crippen molar-refractivity contribution in [3.63, 3.8) is 0 Å². The van der Waals surface area contributed by atoms with Crippen LogP contribution in [0.3, 0.4) is 0 Å². The average Bonchev–Trinajstić information content (AvgIpc) is 3.20. The number of hydrogen-bond acceptors (Lipinski definition) is 1. The molecule has 1 amide bonds. The molecule has 2 nitrogen and oxygen atoms in total. The number of hydrogen-bond donors (Lipinski definition) is 0. The third-order valence-electron chi connectivity index (χ3n) is 5.92. The van der Waals surface area contributed by atoms with Crippen molar-refractivity contribution < 1.29 is 4.79 Å². The van der Waals surface area contributed by atoms with Crippen LogP contribution in [0.4, 0.5) is 0 Å². The molecule has 2 heteroatoms. The van der Waals surface area contributed by atoms with Crippen LogP contribution in [0.1, 0.15) is 51.9 Å². The molecule has 3 aliphatic carbocycles. The molecule has 0 N–H and O–H groups in total. The van der Waals surface area contributed by atoms with E-state index in [1.54, 1.807) is 0 Å². The van der Waals surface area contributed by atoms with Crippen LogP contribution >= 0.6 is 0 Å². The fraction of sp³-hybridized carbons (Fsp3) is 0.933. The van der Waals surface area contributed by atoms with E-state index in [4.69, 9.17) is 0 Å². The third-order valence-corrected chi connectivity index (χ3v) is 5.92. The number of nitrogens with zero attached hydrogens (tertiary/aromatic N) is 1. The summed E-state index contributed by atoms with van der Waals surface area (Å²) >= 11 is 0. The Morgan fingerprint density at radius 1 is 1.18 bits per heavy atom. The first-order chi connectivity index (χ1) is 8.10. The third kappa shape index (κ3) is 1.56. The number of likely N-dealkylation sites (tertiary alicyclic amines) is 1. The number of carbonyl (C=O) groups excluding carboxylic acids is 1. The molecule has 1 spiro atoms. The second kappa shape index (κ2) is 3.07. The summed E-state index contributed by atoms with van der Waals surface area (Å²) in [7, 11) is 0. The van der Waals surface area contributed by atoms with Gasteiger partial charge in [0.05, 0.1) is 0 Å². The molecular formula is C15H23NO. The lowest BCUT2D eigenvalue weighted by Crippen LogP contribution is -2.47. The Morgan fingerprint density at radius 3 is 2.53 bits per heavy atom. The van der Waals surface area contributed by atoms with E-state index in [-0.39, 0.29) is 5.41 Å². The summed E-state index contributed by atoms with van der Waals surface area (Å²) in [5.74, 6) is 2.31. The van der Waals surface area contributed by atoms with Crippen LogP contribution in [0.25, 0.3) is 0 Å². The molecule has 0 aromatic heterocycles. The first kappa shape index (κ1) is 10.4. The molecule has 94 valence electrons. The molecule has 17 heavy (non-hydrogen) atoms. The predicted molar refractivity (Wildman–Crippen MR) is 66.4 cm³/mol. The topological polar surface area (TPSA) is 20.3 Å². The second-order valence-corrected chi connectivity index (χ2v) is 7.56. The van der Waals surface area contributed by atoms with Gasteiger partial charge in [-0.1, -0.05) is 6.92 Å². The SMILES string of the molecule is CC1(C(=O)N2CCCC3(CC3)C2)CC2CC2C1. The maximum atomic E-state index is 12.7. The molecular weight excluding hydrogens is 210 g/mol. The smallest absolute Gasteiger partial charge is 0.228 e. The van der Waals surface area contributed by atoms with Gasteiger partial charge >= 0.3 is 0 Å². The largest absolute Gasteiger partial charge is 0.342 e. The minimum atomic E-state index is 0.0149. The van der Waals surface area contributed by atoms with Crippen molar-refractivity contribution in [2.75, 3.05) is 13.1 Å². The maximum absolute atomic E-state index is 12.7. The molecule has 0 radical (unpaired) electrons. The fourth-order valence-electron chi connectivity index (χ4n) is 4.57. The zero-order chi connectivity index (χ0) is 11.7. The summed E-state index contributed by atoms with van der Waals surface area (Å²) in [6.07, 6.45) is 9.14. The Balaban J connectivity index is 1.48. The van der Waals surface area contributed by atoms with Crippen molar-refractivity contribution in [3.05, 3.63) is 0 Å². The zero-order valence-corrected chi connectivity index (χ0v) is 10.9. The Bertz CT molecular complexity index is 361. The first-order valence-corrected chi connectivity index (χ1v) is 7.40.